The molecule has 0 spiro atoms. The van der Waals surface area contributed by atoms with Gasteiger partial charge in [0.25, 0.3) is 0 Å². The standard InChI is InChI=1S/C20H20N4.2ClH.Fe/c1-14-10-15(2)20(16(3)11-14)23-13-18-8-7-17(24-18)12-22-19-6-4-5-9-21-19;;;/h4-13,24H,1-3H3;2*1H;/q;;;+2/p-2/b22-12+,23-13?;;;. The summed E-state index contributed by atoms with van der Waals surface area (Å²) < 4.78 is 0. The Bertz CT molecular complexity index is 898. The van der Waals surface area contributed by atoms with Gasteiger partial charge in [0.05, 0.1) is 29.5 Å². The van der Waals surface area contributed by atoms with Gasteiger partial charge in [-0.25, -0.2) is 9.98 Å². The molecule has 0 bridgehead atoms. The Hall–Kier alpha value is -1.91. The van der Waals surface area contributed by atoms with Crippen LogP contribution in [0.1, 0.15) is 28.1 Å². The number of nitrogens with zero attached hydrogens (tertiary/aromatic N) is 3. The third-order valence-corrected chi connectivity index (χ3v) is 3.68. The van der Waals surface area contributed by atoms with Crippen LogP contribution in [0.25, 0.3) is 0 Å². The minimum atomic E-state index is 0.194. The third kappa shape index (κ3) is 6.96. The van der Waals surface area contributed by atoms with Gasteiger partial charge in [-0.3, -0.25) is 4.99 Å². The van der Waals surface area contributed by atoms with E-state index in [4.69, 9.17) is 20.2 Å². The van der Waals surface area contributed by atoms with E-state index in [1.165, 1.54) is 16.7 Å². The molecular weight excluding hydrogens is 423 g/mol. The van der Waals surface area contributed by atoms with E-state index in [1.54, 1.807) is 12.4 Å². The van der Waals surface area contributed by atoms with Gasteiger partial charge in [0, 0.05) is 6.20 Å². The van der Waals surface area contributed by atoms with Gasteiger partial charge in [0.1, 0.15) is 0 Å². The van der Waals surface area contributed by atoms with Gasteiger partial charge in [0.2, 0.25) is 0 Å². The van der Waals surface area contributed by atoms with E-state index >= 15 is 0 Å². The van der Waals surface area contributed by atoms with Gasteiger partial charge < -0.3 is 4.98 Å². The topological polar surface area (TPSA) is 53.4 Å². The molecule has 0 saturated carbocycles. The summed E-state index contributed by atoms with van der Waals surface area (Å²) in [6.07, 6.45) is 5.34. The number of nitrogens with one attached hydrogen (secondary N) is 1. The molecule has 2 heterocycles. The number of hydrogen-bond donors (Lipinski definition) is 1. The molecule has 3 rings (SSSR count). The molecule has 7 heteroatoms. The molecule has 0 aliphatic carbocycles. The summed E-state index contributed by atoms with van der Waals surface area (Å²) in [6.45, 7) is 6.28. The molecule has 0 atom stereocenters. The maximum absolute atomic E-state index is 4.76. The molecule has 0 radical (unpaired) electrons. The zero-order valence-electron chi connectivity index (χ0n) is 15.2. The monoisotopic (exact) mass is 442 g/mol. The summed E-state index contributed by atoms with van der Waals surface area (Å²) in [6, 6.07) is 13.9. The van der Waals surface area contributed by atoms with Crippen LogP contribution in [0.15, 0.2) is 58.6 Å². The van der Waals surface area contributed by atoms with Crippen LogP contribution in [0.4, 0.5) is 11.5 Å². The summed E-state index contributed by atoms with van der Waals surface area (Å²) in [5, 5.41) is 0. The van der Waals surface area contributed by atoms with Gasteiger partial charge in [0.15, 0.2) is 5.82 Å². The Morgan fingerprint density at radius 1 is 0.926 bits per heavy atom. The third-order valence-electron chi connectivity index (χ3n) is 3.68. The number of aryl methyl sites for hydroxylation is 3. The van der Waals surface area contributed by atoms with Crippen LogP contribution in [0.2, 0.25) is 0 Å². The minimum absolute atomic E-state index is 0.194. The van der Waals surface area contributed by atoms with Crippen molar-refractivity contribution in [2.45, 2.75) is 20.8 Å². The second kappa shape index (κ2) is 11.1. The van der Waals surface area contributed by atoms with Gasteiger partial charge in [-0.15, -0.1) is 0 Å². The average Bonchev–Trinajstić information content (AvgIpc) is 3.08. The zero-order valence-corrected chi connectivity index (χ0v) is 17.8. The van der Waals surface area contributed by atoms with E-state index in [9.17, 15) is 0 Å². The average molecular weight is 443 g/mol. The molecule has 0 aliphatic heterocycles. The van der Waals surface area contributed by atoms with Crippen molar-refractivity contribution >= 4 is 44.1 Å². The van der Waals surface area contributed by atoms with E-state index in [0.29, 0.717) is 5.82 Å². The quantitative estimate of drug-likeness (QED) is 0.378. The fourth-order valence-electron chi connectivity index (χ4n) is 2.66. The molecule has 27 heavy (non-hydrogen) atoms. The summed E-state index contributed by atoms with van der Waals surface area (Å²) in [7, 11) is 9.53. The van der Waals surface area contributed by atoms with Crippen molar-refractivity contribution in [1.82, 2.24) is 9.97 Å². The Balaban J connectivity index is 0.000000817. The van der Waals surface area contributed by atoms with Crippen LogP contribution in [-0.2, 0) is 13.1 Å². The first-order chi connectivity index (χ1) is 13.0. The first-order valence-electron chi connectivity index (χ1n) is 8.14. The Labute approximate surface area is 174 Å². The molecule has 3 aromatic rings. The first kappa shape index (κ1) is 21.4. The number of hydrogen-bond acceptors (Lipinski definition) is 3. The van der Waals surface area contributed by atoms with Gasteiger partial charge in [-0.1, -0.05) is 23.8 Å². The maximum atomic E-state index is 4.76. The van der Waals surface area contributed by atoms with Crippen LogP contribution in [-0.4, -0.2) is 22.4 Å². The molecule has 0 amide bonds. The SMILES string of the molecule is Cc1cc(C)c(N=Cc2ccc(/C=N/c3ccccn3)[nH]2)c(C)c1.[Cl][Fe][Cl]. The van der Waals surface area contributed by atoms with Crippen molar-refractivity contribution in [2.24, 2.45) is 9.98 Å². The van der Waals surface area contributed by atoms with Crippen LogP contribution < -0.4 is 0 Å². The summed E-state index contributed by atoms with van der Waals surface area (Å²) in [4.78, 5) is 16.4. The van der Waals surface area contributed by atoms with Crippen molar-refractivity contribution in [2.75, 3.05) is 0 Å². The Morgan fingerprint density at radius 3 is 2.07 bits per heavy atom. The molecule has 0 saturated heterocycles. The van der Waals surface area contributed by atoms with Crippen molar-refractivity contribution < 1.29 is 13.1 Å². The summed E-state index contributed by atoms with van der Waals surface area (Å²) >= 11 is 0.194. The molecule has 2 aromatic heterocycles. The van der Waals surface area contributed by atoms with Crippen molar-refractivity contribution in [1.29, 1.82) is 0 Å². The van der Waals surface area contributed by atoms with E-state index in [1.807, 2.05) is 36.5 Å². The zero-order chi connectivity index (χ0) is 19.6. The van der Waals surface area contributed by atoms with Crippen molar-refractivity contribution in [3.05, 3.63) is 76.7 Å². The number of halogens is 2. The van der Waals surface area contributed by atoms with E-state index in [2.05, 4.69) is 52.9 Å². The van der Waals surface area contributed by atoms with Gasteiger partial charge in [-0.05, 0) is 56.2 Å². The number of aromatic amines is 1. The van der Waals surface area contributed by atoms with E-state index < -0.39 is 0 Å². The number of benzene rings is 1. The Kier molecular flexibility index (Phi) is 8.76. The fraction of sp³-hybridized carbons (Fsp3) is 0.150. The van der Waals surface area contributed by atoms with Crippen LogP contribution in [0.5, 0.6) is 0 Å². The molecular formula is C20H20Cl2FeN4. The second-order valence-electron chi connectivity index (χ2n) is 5.87. The summed E-state index contributed by atoms with van der Waals surface area (Å²) in [5.41, 5.74) is 6.52. The predicted molar refractivity (Wildman–Crippen MR) is 112 cm³/mol. The van der Waals surface area contributed by atoms with E-state index in [0.717, 1.165) is 17.1 Å². The molecule has 0 aliphatic rings. The molecule has 1 N–H and O–H groups in total. The number of rotatable bonds is 4. The number of aliphatic imine (C=N–C) groups is 2. The van der Waals surface area contributed by atoms with Crippen molar-refractivity contribution in [3.8, 4) is 0 Å². The molecule has 4 nitrogen and oxygen atoms in total. The van der Waals surface area contributed by atoms with Crippen LogP contribution in [0.3, 0.4) is 0 Å². The second-order valence-corrected chi connectivity index (χ2v) is 7.69. The van der Waals surface area contributed by atoms with Crippen LogP contribution in [0, 0.1) is 20.8 Å². The number of H-pyrrole nitrogens is 1. The first-order valence-corrected chi connectivity index (χ1v) is 11.2. The van der Waals surface area contributed by atoms with Crippen LogP contribution >= 0.6 is 20.2 Å². The van der Waals surface area contributed by atoms with Gasteiger partial charge >= 0.3 is 33.3 Å². The predicted octanol–water partition coefficient (Wildman–Crippen LogP) is 6.21. The molecule has 0 unspecified atom stereocenters. The summed E-state index contributed by atoms with van der Waals surface area (Å²) in [5.74, 6) is 0.688. The fourth-order valence-corrected chi connectivity index (χ4v) is 2.66. The molecule has 1 aromatic carbocycles. The Morgan fingerprint density at radius 2 is 1.52 bits per heavy atom. The van der Waals surface area contributed by atoms with Gasteiger partial charge in [-0.2, -0.15) is 0 Å². The van der Waals surface area contributed by atoms with E-state index in [-0.39, 0.29) is 13.1 Å². The normalized spacial score (nSPS) is 11.1. The number of aromatic nitrogens is 2. The molecule has 0 fully saturated rings. The molecule has 142 valence electrons. The number of pyridine rings is 1. The van der Waals surface area contributed by atoms with Crippen molar-refractivity contribution in [3.63, 3.8) is 0 Å².